The molecule has 6 heteroatoms. The molecule has 2 atom stereocenters. The van der Waals surface area contributed by atoms with Crippen LogP contribution in [0.5, 0.6) is 0 Å². The highest BCUT2D eigenvalue weighted by Crippen LogP contribution is 2.18. The molecule has 3 N–H and O–H groups in total. The third-order valence-electron chi connectivity index (χ3n) is 14.9. The Kier molecular flexibility index (Phi) is 60.0. The molecule has 0 radical (unpaired) electrons. The van der Waals surface area contributed by atoms with Crippen molar-refractivity contribution < 1.29 is 24.5 Å². The van der Waals surface area contributed by atoms with Crippen molar-refractivity contribution >= 4 is 11.9 Å². The van der Waals surface area contributed by atoms with E-state index in [0.29, 0.717) is 25.9 Å². The topological polar surface area (TPSA) is 95.9 Å². The Balaban J connectivity index is 3.46. The zero-order valence-electron chi connectivity index (χ0n) is 48.4. The minimum absolute atomic E-state index is 0.00285. The van der Waals surface area contributed by atoms with Gasteiger partial charge < -0.3 is 20.3 Å². The van der Waals surface area contributed by atoms with Crippen LogP contribution in [0.15, 0.2) is 36.5 Å². The van der Waals surface area contributed by atoms with Gasteiger partial charge in [0, 0.05) is 12.8 Å². The van der Waals surface area contributed by atoms with E-state index < -0.39 is 12.1 Å². The highest BCUT2D eigenvalue weighted by atomic mass is 16.5. The predicted molar refractivity (Wildman–Crippen MR) is 315 cm³/mol. The summed E-state index contributed by atoms with van der Waals surface area (Å²) in [6.45, 7) is 4.94. The zero-order chi connectivity index (χ0) is 52.2. The summed E-state index contributed by atoms with van der Waals surface area (Å²) >= 11 is 0. The Morgan fingerprint density at radius 1 is 0.389 bits per heavy atom. The molecule has 0 saturated heterocycles. The van der Waals surface area contributed by atoms with Crippen molar-refractivity contribution in [3.8, 4) is 0 Å². The van der Waals surface area contributed by atoms with Crippen LogP contribution >= 0.6 is 0 Å². The lowest BCUT2D eigenvalue weighted by Crippen LogP contribution is -2.45. The maximum atomic E-state index is 12.5. The fraction of sp³-hybridized carbons (Fsp3) is 0.879. The number of allylic oxidation sites excluding steroid dienone is 6. The van der Waals surface area contributed by atoms with Crippen LogP contribution in [-0.2, 0) is 14.3 Å². The SMILES string of the molecule is CCCCC/C=C\CCCCCCCC(=O)OCCCCCCCCCCC/C=C\C/C=C\CCCCCCCCCC(=O)NC(CO)C(O)CCCCCCCCCCCCCCCCCCCCCC. The van der Waals surface area contributed by atoms with Gasteiger partial charge in [0.1, 0.15) is 0 Å². The van der Waals surface area contributed by atoms with Crippen molar-refractivity contribution in [3.63, 3.8) is 0 Å². The molecule has 0 aliphatic heterocycles. The van der Waals surface area contributed by atoms with E-state index in [1.807, 2.05) is 0 Å². The summed E-state index contributed by atoms with van der Waals surface area (Å²) in [7, 11) is 0. The average molecular weight is 1010 g/mol. The summed E-state index contributed by atoms with van der Waals surface area (Å²) in [5, 5.41) is 23.4. The van der Waals surface area contributed by atoms with Gasteiger partial charge in [0.2, 0.25) is 5.91 Å². The van der Waals surface area contributed by atoms with Crippen LogP contribution < -0.4 is 5.32 Å². The van der Waals surface area contributed by atoms with Gasteiger partial charge in [-0.15, -0.1) is 0 Å². The standard InChI is InChI=1S/C66H125NO5/c1-3-5-7-9-11-13-15-17-18-19-20-26-29-32-35-38-42-46-50-54-58-64(69)63(62-68)67-65(70)59-55-51-47-43-39-36-33-30-27-24-22-21-23-25-28-31-34-37-41-45-49-53-57-61-72-66(71)60-56-52-48-44-40-16-14-12-10-8-6-4-2/h12,14,21,23-24,27,63-64,68-69H,3-11,13,15-20,22,25-26,28-62H2,1-2H3,(H,67,70)/b14-12-,23-21-,27-24-. The van der Waals surface area contributed by atoms with Crippen LogP contribution in [-0.4, -0.2) is 47.4 Å². The Morgan fingerprint density at radius 3 is 1.10 bits per heavy atom. The summed E-state index contributed by atoms with van der Waals surface area (Å²) < 4.78 is 5.46. The van der Waals surface area contributed by atoms with E-state index in [9.17, 15) is 19.8 Å². The molecule has 0 aromatic heterocycles. The number of nitrogens with one attached hydrogen (secondary N) is 1. The van der Waals surface area contributed by atoms with Crippen LogP contribution in [0.4, 0.5) is 0 Å². The van der Waals surface area contributed by atoms with Crippen molar-refractivity contribution in [3.05, 3.63) is 36.5 Å². The maximum Gasteiger partial charge on any atom is 0.305 e. The average Bonchev–Trinajstić information content (AvgIpc) is 3.38. The van der Waals surface area contributed by atoms with E-state index in [-0.39, 0.29) is 18.5 Å². The van der Waals surface area contributed by atoms with Crippen molar-refractivity contribution in [2.45, 2.75) is 360 Å². The Labute approximate surface area is 449 Å². The summed E-state index contributed by atoms with van der Waals surface area (Å²) in [5.74, 6) is -0.0455. The molecule has 1 amide bonds. The largest absolute Gasteiger partial charge is 0.466 e. The Hall–Kier alpha value is -1.92. The highest BCUT2D eigenvalue weighted by Gasteiger charge is 2.20. The first kappa shape index (κ1) is 70.1. The number of aliphatic hydroxyl groups excluding tert-OH is 2. The van der Waals surface area contributed by atoms with Crippen molar-refractivity contribution in [1.29, 1.82) is 0 Å². The number of carbonyl (C=O) groups is 2. The number of hydrogen-bond acceptors (Lipinski definition) is 5. The van der Waals surface area contributed by atoms with E-state index in [4.69, 9.17) is 4.74 Å². The normalized spacial score (nSPS) is 12.8. The molecule has 0 aromatic rings. The van der Waals surface area contributed by atoms with Gasteiger partial charge >= 0.3 is 5.97 Å². The van der Waals surface area contributed by atoms with Crippen LogP contribution in [0.1, 0.15) is 348 Å². The minimum atomic E-state index is -0.672. The van der Waals surface area contributed by atoms with Crippen LogP contribution in [0.3, 0.4) is 0 Å². The van der Waals surface area contributed by atoms with Gasteiger partial charge in [0.15, 0.2) is 0 Å². The molecule has 0 bridgehead atoms. The molecule has 0 spiro atoms. The van der Waals surface area contributed by atoms with Crippen LogP contribution in [0.2, 0.25) is 0 Å². The maximum absolute atomic E-state index is 12.5. The number of esters is 1. The fourth-order valence-corrected chi connectivity index (χ4v) is 9.96. The van der Waals surface area contributed by atoms with Gasteiger partial charge in [0.05, 0.1) is 25.4 Å². The van der Waals surface area contributed by atoms with Crippen molar-refractivity contribution in [1.82, 2.24) is 5.32 Å². The molecule has 0 aromatic carbocycles. The first-order valence-corrected chi connectivity index (χ1v) is 32.2. The number of rotatable bonds is 60. The first-order chi connectivity index (χ1) is 35.5. The lowest BCUT2D eigenvalue weighted by molar-refractivity contribution is -0.143. The number of hydrogen-bond donors (Lipinski definition) is 3. The van der Waals surface area contributed by atoms with E-state index in [1.165, 1.54) is 257 Å². The second kappa shape index (κ2) is 61.6. The molecule has 0 fully saturated rings. The van der Waals surface area contributed by atoms with Gasteiger partial charge in [-0.2, -0.15) is 0 Å². The molecule has 0 aliphatic rings. The van der Waals surface area contributed by atoms with Crippen molar-refractivity contribution in [2.75, 3.05) is 13.2 Å². The first-order valence-electron chi connectivity index (χ1n) is 32.2. The quantitative estimate of drug-likeness (QED) is 0.0320. The molecule has 0 rings (SSSR count). The van der Waals surface area contributed by atoms with E-state index in [0.717, 1.165) is 57.8 Å². The van der Waals surface area contributed by atoms with Crippen LogP contribution in [0.25, 0.3) is 0 Å². The lowest BCUT2D eigenvalue weighted by Gasteiger charge is -2.22. The predicted octanol–water partition coefficient (Wildman–Crippen LogP) is 20.4. The van der Waals surface area contributed by atoms with Gasteiger partial charge in [0.25, 0.3) is 0 Å². The highest BCUT2D eigenvalue weighted by molar-refractivity contribution is 5.76. The summed E-state index contributed by atoms with van der Waals surface area (Å²) in [4.78, 5) is 24.5. The lowest BCUT2D eigenvalue weighted by atomic mass is 10.0. The van der Waals surface area contributed by atoms with Gasteiger partial charge in [-0.25, -0.2) is 0 Å². The molecule has 0 saturated carbocycles. The molecule has 0 aliphatic carbocycles. The monoisotopic (exact) mass is 1010 g/mol. The number of ether oxygens (including phenoxy) is 1. The van der Waals surface area contributed by atoms with Crippen molar-refractivity contribution in [2.24, 2.45) is 0 Å². The van der Waals surface area contributed by atoms with E-state index in [2.05, 4.69) is 55.6 Å². The third kappa shape index (κ3) is 57.4. The molecular weight excluding hydrogens is 887 g/mol. The Bertz CT molecular complexity index is 1170. The summed E-state index contributed by atoms with van der Waals surface area (Å²) in [6.07, 6.45) is 77.3. The molecule has 2 unspecified atom stereocenters. The zero-order valence-corrected chi connectivity index (χ0v) is 48.4. The van der Waals surface area contributed by atoms with E-state index >= 15 is 0 Å². The molecular formula is C66H125NO5. The number of carbonyl (C=O) groups excluding carboxylic acids is 2. The van der Waals surface area contributed by atoms with E-state index in [1.54, 1.807) is 0 Å². The van der Waals surface area contributed by atoms with Gasteiger partial charge in [-0.05, 0) is 83.5 Å². The molecule has 72 heavy (non-hydrogen) atoms. The molecule has 6 nitrogen and oxygen atoms in total. The fourth-order valence-electron chi connectivity index (χ4n) is 9.96. The number of amides is 1. The van der Waals surface area contributed by atoms with Crippen LogP contribution in [0, 0.1) is 0 Å². The minimum Gasteiger partial charge on any atom is -0.466 e. The molecule has 424 valence electrons. The third-order valence-corrected chi connectivity index (χ3v) is 14.9. The van der Waals surface area contributed by atoms with Gasteiger partial charge in [-0.3, -0.25) is 9.59 Å². The van der Waals surface area contributed by atoms with Gasteiger partial charge in [-0.1, -0.05) is 288 Å². The summed E-state index contributed by atoms with van der Waals surface area (Å²) in [6, 6.07) is -0.550. The summed E-state index contributed by atoms with van der Waals surface area (Å²) in [5.41, 5.74) is 0. The molecule has 0 heterocycles. The smallest absolute Gasteiger partial charge is 0.305 e. The number of aliphatic hydroxyl groups is 2. The second-order valence-corrected chi connectivity index (χ2v) is 22.1. The number of unbranched alkanes of at least 4 members (excludes halogenated alkanes) is 43. The Morgan fingerprint density at radius 2 is 0.694 bits per heavy atom. The second-order valence-electron chi connectivity index (χ2n) is 22.1.